The second-order valence-corrected chi connectivity index (χ2v) is 3.89. The Balaban J connectivity index is 1.92. The van der Waals surface area contributed by atoms with Crippen LogP contribution in [0.3, 0.4) is 0 Å². The van der Waals surface area contributed by atoms with Crippen molar-refractivity contribution in [2.45, 2.75) is 32.1 Å². The number of rotatable bonds is 2. The van der Waals surface area contributed by atoms with Gasteiger partial charge in [-0.05, 0) is 37.8 Å². The van der Waals surface area contributed by atoms with Gasteiger partial charge in [0.15, 0.2) is 0 Å². The Morgan fingerprint density at radius 2 is 2.06 bits per heavy atom. The lowest BCUT2D eigenvalue weighted by Crippen LogP contribution is -2.21. The van der Waals surface area contributed by atoms with Gasteiger partial charge >= 0.3 is 0 Å². The second kappa shape index (κ2) is 5.39. The van der Waals surface area contributed by atoms with E-state index in [0.29, 0.717) is 5.69 Å². The lowest BCUT2D eigenvalue weighted by atomic mass is 9.99. The van der Waals surface area contributed by atoms with E-state index in [4.69, 9.17) is 0 Å². The van der Waals surface area contributed by atoms with Crippen LogP contribution in [0.15, 0.2) is 29.5 Å². The molecule has 0 aromatic carbocycles. The molecule has 0 saturated heterocycles. The van der Waals surface area contributed by atoms with Crippen molar-refractivity contribution < 1.29 is 4.79 Å². The van der Waals surface area contributed by atoms with Crippen LogP contribution < -0.4 is 5.43 Å². The highest BCUT2D eigenvalue weighted by Gasteiger charge is 2.08. The van der Waals surface area contributed by atoms with E-state index in [0.717, 1.165) is 18.6 Å². The molecule has 1 aliphatic rings. The molecule has 1 fully saturated rings. The molecule has 1 N–H and O–H groups in total. The van der Waals surface area contributed by atoms with Crippen LogP contribution in [-0.4, -0.2) is 16.6 Å². The Morgan fingerprint density at radius 1 is 1.25 bits per heavy atom. The van der Waals surface area contributed by atoms with E-state index in [1.165, 1.54) is 19.3 Å². The molecule has 1 aromatic rings. The first-order valence-corrected chi connectivity index (χ1v) is 5.63. The zero-order valence-corrected chi connectivity index (χ0v) is 9.15. The Hall–Kier alpha value is -1.71. The molecule has 1 saturated carbocycles. The maximum Gasteiger partial charge on any atom is 0.289 e. The van der Waals surface area contributed by atoms with E-state index in [1.807, 2.05) is 0 Å². The first kappa shape index (κ1) is 10.8. The molecular weight excluding hydrogens is 202 g/mol. The van der Waals surface area contributed by atoms with Crippen LogP contribution in [-0.2, 0) is 0 Å². The number of carbonyl (C=O) groups excluding carboxylic acids is 1. The van der Waals surface area contributed by atoms with Gasteiger partial charge in [-0.25, -0.2) is 5.43 Å². The fourth-order valence-corrected chi connectivity index (χ4v) is 1.76. The fraction of sp³-hybridized carbons (Fsp3) is 0.417. The summed E-state index contributed by atoms with van der Waals surface area (Å²) in [6, 6.07) is 5.25. The van der Waals surface area contributed by atoms with Crippen molar-refractivity contribution in [3.8, 4) is 0 Å². The molecule has 1 aliphatic carbocycles. The minimum Gasteiger partial charge on any atom is -0.266 e. The van der Waals surface area contributed by atoms with Crippen LogP contribution in [0.25, 0.3) is 0 Å². The highest BCUT2D eigenvalue weighted by molar-refractivity contribution is 5.93. The molecule has 0 aliphatic heterocycles. The second-order valence-electron chi connectivity index (χ2n) is 3.89. The summed E-state index contributed by atoms with van der Waals surface area (Å²) in [5, 5.41) is 4.14. The molecule has 0 radical (unpaired) electrons. The molecule has 1 aromatic heterocycles. The highest BCUT2D eigenvalue weighted by Crippen LogP contribution is 2.14. The van der Waals surface area contributed by atoms with E-state index in [1.54, 1.807) is 24.4 Å². The Labute approximate surface area is 94.8 Å². The number of pyridine rings is 1. The van der Waals surface area contributed by atoms with Crippen molar-refractivity contribution in [2.75, 3.05) is 0 Å². The predicted molar refractivity (Wildman–Crippen MR) is 62.2 cm³/mol. The molecule has 0 atom stereocenters. The van der Waals surface area contributed by atoms with Gasteiger partial charge in [0, 0.05) is 11.9 Å². The van der Waals surface area contributed by atoms with Gasteiger partial charge in [0.2, 0.25) is 0 Å². The summed E-state index contributed by atoms with van der Waals surface area (Å²) in [6.07, 6.45) is 7.23. The van der Waals surface area contributed by atoms with E-state index in [9.17, 15) is 4.79 Å². The van der Waals surface area contributed by atoms with Gasteiger partial charge in [-0.2, -0.15) is 5.10 Å². The molecular formula is C12H15N3O. The average molecular weight is 217 g/mol. The zero-order chi connectivity index (χ0) is 11.2. The summed E-state index contributed by atoms with van der Waals surface area (Å²) in [4.78, 5) is 15.6. The number of hydrazone groups is 1. The molecule has 4 nitrogen and oxygen atoms in total. The summed E-state index contributed by atoms with van der Waals surface area (Å²) in [6.45, 7) is 0. The summed E-state index contributed by atoms with van der Waals surface area (Å²) < 4.78 is 0. The summed E-state index contributed by atoms with van der Waals surface area (Å²) in [5.41, 5.74) is 4.05. The first-order valence-electron chi connectivity index (χ1n) is 5.63. The standard InChI is InChI=1S/C12H15N3O/c16-12(11-8-4-5-9-13-11)15-14-10-6-2-1-3-7-10/h4-5,8-9H,1-3,6-7H2,(H,15,16). The third kappa shape index (κ3) is 2.89. The number of nitrogens with one attached hydrogen (secondary N) is 1. The van der Waals surface area contributed by atoms with Gasteiger partial charge < -0.3 is 0 Å². The van der Waals surface area contributed by atoms with Gasteiger partial charge in [0.1, 0.15) is 5.69 Å². The molecule has 16 heavy (non-hydrogen) atoms. The largest absolute Gasteiger partial charge is 0.289 e. The minimum absolute atomic E-state index is 0.237. The first-order chi connectivity index (χ1) is 7.86. The molecule has 0 spiro atoms. The van der Waals surface area contributed by atoms with E-state index < -0.39 is 0 Å². The zero-order valence-electron chi connectivity index (χ0n) is 9.15. The van der Waals surface area contributed by atoms with Gasteiger partial charge in [-0.15, -0.1) is 0 Å². The van der Waals surface area contributed by atoms with Crippen molar-refractivity contribution in [3.63, 3.8) is 0 Å². The fourth-order valence-electron chi connectivity index (χ4n) is 1.76. The van der Waals surface area contributed by atoms with E-state index in [-0.39, 0.29) is 5.91 Å². The SMILES string of the molecule is O=C(NN=C1CCCCC1)c1ccccn1. The van der Waals surface area contributed by atoms with Crippen LogP contribution in [0.2, 0.25) is 0 Å². The van der Waals surface area contributed by atoms with Crippen LogP contribution >= 0.6 is 0 Å². The normalized spacial score (nSPS) is 15.6. The molecule has 1 heterocycles. The van der Waals surface area contributed by atoms with Crippen LogP contribution in [0.4, 0.5) is 0 Å². The number of hydrogen-bond acceptors (Lipinski definition) is 3. The quantitative estimate of drug-likeness (QED) is 0.771. The lowest BCUT2D eigenvalue weighted by molar-refractivity contribution is 0.0949. The van der Waals surface area contributed by atoms with Crippen LogP contribution in [0.1, 0.15) is 42.6 Å². The van der Waals surface area contributed by atoms with Gasteiger partial charge in [-0.1, -0.05) is 12.5 Å². The van der Waals surface area contributed by atoms with E-state index >= 15 is 0 Å². The number of carbonyl (C=O) groups is 1. The van der Waals surface area contributed by atoms with Gasteiger partial charge in [0.05, 0.1) is 0 Å². The smallest absolute Gasteiger partial charge is 0.266 e. The van der Waals surface area contributed by atoms with Crippen molar-refractivity contribution in [1.29, 1.82) is 0 Å². The molecule has 1 amide bonds. The topological polar surface area (TPSA) is 54.4 Å². The molecule has 4 heteroatoms. The number of hydrogen-bond donors (Lipinski definition) is 1. The van der Waals surface area contributed by atoms with Gasteiger partial charge in [0.25, 0.3) is 5.91 Å². The van der Waals surface area contributed by atoms with Crippen LogP contribution in [0, 0.1) is 0 Å². The average Bonchev–Trinajstić information content (AvgIpc) is 2.38. The highest BCUT2D eigenvalue weighted by atomic mass is 16.2. The number of amides is 1. The lowest BCUT2D eigenvalue weighted by Gasteiger charge is -2.11. The molecule has 0 bridgehead atoms. The maximum atomic E-state index is 11.6. The monoisotopic (exact) mass is 217 g/mol. The van der Waals surface area contributed by atoms with Gasteiger partial charge in [-0.3, -0.25) is 9.78 Å². The molecule has 2 rings (SSSR count). The summed E-state index contributed by atoms with van der Waals surface area (Å²) >= 11 is 0. The summed E-state index contributed by atoms with van der Waals surface area (Å²) in [7, 11) is 0. The Morgan fingerprint density at radius 3 is 2.75 bits per heavy atom. The van der Waals surface area contributed by atoms with E-state index in [2.05, 4.69) is 15.5 Å². The predicted octanol–water partition coefficient (Wildman–Crippen LogP) is 2.13. The maximum absolute atomic E-state index is 11.6. The third-order valence-electron chi connectivity index (χ3n) is 2.64. The molecule has 0 unspecified atom stereocenters. The Kier molecular flexibility index (Phi) is 3.64. The number of aromatic nitrogens is 1. The summed E-state index contributed by atoms with van der Waals surface area (Å²) in [5.74, 6) is -0.237. The Bertz CT molecular complexity index is 379. The van der Waals surface area contributed by atoms with Crippen LogP contribution in [0.5, 0.6) is 0 Å². The van der Waals surface area contributed by atoms with Crippen molar-refractivity contribution in [1.82, 2.24) is 10.4 Å². The van der Waals surface area contributed by atoms with Crippen molar-refractivity contribution >= 4 is 11.6 Å². The minimum atomic E-state index is -0.237. The number of nitrogens with zero attached hydrogens (tertiary/aromatic N) is 2. The van der Waals surface area contributed by atoms with Crippen molar-refractivity contribution in [2.24, 2.45) is 5.10 Å². The molecule has 84 valence electrons. The third-order valence-corrected chi connectivity index (χ3v) is 2.64. The van der Waals surface area contributed by atoms with Crippen molar-refractivity contribution in [3.05, 3.63) is 30.1 Å².